The summed E-state index contributed by atoms with van der Waals surface area (Å²) in [5.74, 6) is 1.18. The van der Waals surface area contributed by atoms with Crippen LogP contribution >= 0.6 is 0 Å². The SMILES string of the molecule is CCOC(=O)N1CCN(C(=O)CN2CCN(c3ccc4c(c3)OCCO4)C2=O)CC1. The third kappa shape index (κ3) is 4.07. The molecule has 0 saturated carbocycles. The van der Waals surface area contributed by atoms with Crippen molar-refractivity contribution >= 4 is 23.7 Å². The van der Waals surface area contributed by atoms with E-state index in [1.165, 1.54) is 0 Å². The summed E-state index contributed by atoms with van der Waals surface area (Å²) in [5, 5.41) is 0. The molecule has 0 atom stereocenters. The van der Waals surface area contributed by atoms with E-state index in [-0.39, 0.29) is 24.6 Å². The second kappa shape index (κ2) is 8.68. The minimum Gasteiger partial charge on any atom is -0.486 e. The highest BCUT2D eigenvalue weighted by atomic mass is 16.6. The molecule has 4 rings (SSSR count). The Morgan fingerprint density at radius 2 is 1.67 bits per heavy atom. The highest BCUT2D eigenvalue weighted by Crippen LogP contribution is 2.35. The van der Waals surface area contributed by atoms with Crippen LogP contribution in [0.2, 0.25) is 0 Å². The highest BCUT2D eigenvalue weighted by Gasteiger charge is 2.33. The van der Waals surface area contributed by atoms with Crippen LogP contribution in [0.3, 0.4) is 0 Å². The fraction of sp³-hybridized carbons (Fsp3) is 0.550. The van der Waals surface area contributed by atoms with E-state index in [1.807, 2.05) is 6.07 Å². The van der Waals surface area contributed by atoms with E-state index in [4.69, 9.17) is 14.2 Å². The third-order valence-corrected chi connectivity index (χ3v) is 5.42. The van der Waals surface area contributed by atoms with E-state index < -0.39 is 0 Å². The standard InChI is InChI=1S/C20H26N4O6/c1-2-28-20(27)22-7-5-21(6-8-22)18(25)14-23-9-10-24(19(23)26)15-3-4-16-17(13-15)30-12-11-29-16/h3-4,13H,2,5-12,14H2,1H3. The number of hydrogen-bond acceptors (Lipinski definition) is 6. The van der Waals surface area contributed by atoms with Crippen molar-refractivity contribution in [3.8, 4) is 11.5 Å². The lowest BCUT2D eigenvalue weighted by Crippen LogP contribution is -2.53. The number of nitrogens with zero attached hydrogens (tertiary/aromatic N) is 4. The number of carbonyl (C=O) groups excluding carboxylic acids is 3. The van der Waals surface area contributed by atoms with E-state index in [2.05, 4.69) is 0 Å². The molecule has 0 unspecified atom stereocenters. The summed E-state index contributed by atoms with van der Waals surface area (Å²) in [7, 11) is 0. The van der Waals surface area contributed by atoms with Gasteiger partial charge in [0, 0.05) is 51.0 Å². The predicted octanol–water partition coefficient (Wildman–Crippen LogP) is 1.00. The molecule has 2 fully saturated rings. The molecule has 3 aliphatic rings. The summed E-state index contributed by atoms with van der Waals surface area (Å²) in [6, 6.07) is 5.22. The summed E-state index contributed by atoms with van der Waals surface area (Å²) in [6.07, 6.45) is -0.352. The first kappa shape index (κ1) is 20.1. The molecule has 162 valence electrons. The molecular weight excluding hydrogens is 392 g/mol. The Kier molecular flexibility index (Phi) is 5.82. The van der Waals surface area contributed by atoms with Gasteiger partial charge in [0.1, 0.15) is 19.8 Å². The Bertz CT molecular complexity index is 824. The fourth-order valence-corrected chi connectivity index (χ4v) is 3.79. The lowest BCUT2D eigenvalue weighted by atomic mass is 10.2. The normalized spacial score (nSPS) is 18.6. The largest absolute Gasteiger partial charge is 0.486 e. The number of rotatable bonds is 4. The van der Waals surface area contributed by atoms with E-state index in [0.717, 1.165) is 5.69 Å². The lowest BCUT2D eigenvalue weighted by Gasteiger charge is -2.34. The number of fused-ring (bicyclic) bond motifs is 1. The monoisotopic (exact) mass is 418 g/mol. The van der Waals surface area contributed by atoms with Gasteiger partial charge in [-0.15, -0.1) is 0 Å². The molecule has 0 spiro atoms. The summed E-state index contributed by atoms with van der Waals surface area (Å²) in [6.45, 7) is 5.82. The molecule has 0 bridgehead atoms. The van der Waals surface area contributed by atoms with E-state index >= 15 is 0 Å². The van der Waals surface area contributed by atoms with Gasteiger partial charge in [0.2, 0.25) is 5.91 Å². The number of hydrogen-bond donors (Lipinski definition) is 0. The molecule has 2 saturated heterocycles. The van der Waals surface area contributed by atoms with Crippen molar-refractivity contribution in [3.63, 3.8) is 0 Å². The number of ether oxygens (including phenoxy) is 3. The van der Waals surface area contributed by atoms with Crippen molar-refractivity contribution in [2.45, 2.75) is 6.92 Å². The van der Waals surface area contributed by atoms with Gasteiger partial charge >= 0.3 is 12.1 Å². The zero-order valence-electron chi connectivity index (χ0n) is 17.0. The number of anilines is 1. The van der Waals surface area contributed by atoms with Crippen molar-refractivity contribution in [2.24, 2.45) is 0 Å². The zero-order chi connectivity index (χ0) is 21.1. The van der Waals surface area contributed by atoms with Crippen molar-refractivity contribution in [2.75, 3.05) is 70.5 Å². The first-order valence-electron chi connectivity index (χ1n) is 10.2. The third-order valence-electron chi connectivity index (χ3n) is 5.42. The molecule has 10 heteroatoms. The van der Waals surface area contributed by atoms with Crippen LogP contribution in [0.1, 0.15) is 6.92 Å². The van der Waals surface area contributed by atoms with Gasteiger partial charge in [-0.2, -0.15) is 0 Å². The van der Waals surface area contributed by atoms with Crippen LogP contribution in [-0.4, -0.2) is 98.4 Å². The fourth-order valence-electron chi connectivity index (χ4n) is 3.79. The van der Waals surface area contributed by atoms with Crippen LogP contribution in [-0.2, 0) is 9.53 Å². The topological polar surface area (TPSA) is 91.9 Å². The van der Waals surface area contributed by atoms with Crippen molar-refractivity contribution < 1.29 is 28.6 Å². The zero-order valence-corrected chi connectivity index (χ0v) is 17.0. The van der Waals surface area contributed by atoms with Gasteiger partial charge in [-0.25, -0.2) is 9.59 Å². The van der Waals surface area contributed by atoms with Crippen LogP contribution in [0.25, 0.3) is 0 Å². The summed E-state index contributed by atoms with van der Waals surface area (Å²) in [5.41, 5.74) is 0.724. The lowest BCUT2D eigenvalue weighted by molar-refractivity contribution is -0.133. The Hall–Kier alpha value is -3.17. The second-order valence-corrected chi connectivity index (χ2v) is 7.25. The van der Waals surface area contributed by atoms with Crippen LogP contribution in [0.5, 0.6) is 11.5 Å². The quantitative estimate of drug-likeness (QED) is 0.725. The smallest absolute Gasteiger partial charge is 0.409 e. The average Bonchev–Trinajstić information content (AvgIpc) is 3.13. The predicted molar refractivity (Wildman–Crippen MR) is 107 cm³/mol. The molecular formula is C20H26N4O6. The number of piperazine rings is 1. The van der Waals surface area contributed by atoms with E-state index in [1.54, 1.807) is 38.7 Å². The minimum atomic E-state index is -0.352. The maximum atomic E-state index is 12.8. The summed E-state index contributed by atoms with van der Waals surface area (Å²) in [4.78, 5) is 43.8. The van der Waals surface area contributed by atoms with Gasteiger partial charge in [-0.1, -0.05) is 0 Å². The van der Waals surface area contributed by atoms with Crippen LogP contribution in [0, 0.1) is 0 Å². The van der Waals surface area contributed by atoms with Gasteiger partial charge in [-0.3, -0.25) is 9.69 Å². The molecule has 30 heavy (non-hydrogen) atoms. The Labute approximate surface area is 174 Å². The van der Waals surface area contributed by atoms with Gasteiger partial charge in [0.15, 0.2) is 11.5 Å². The summed E-state index contributed by atoms with van der Waals surface area (Å²) >= 11 is 0. The Morgan fingerprint density at radius 3 is 2.40 bits per heavy atom. The van der Waals surface area contributed by atoms with Crippen LogP contribution < -0.4 is 14.4 Å². The van der Waals surface area contributed by atoms with Crippen molar-refractivity contribution in [3.05, 3.63) is 18.2 Å². The highest BCUT2D eigenvalue weighted by molar-refractivity contribution is 5.96. The number of carbonyl (C=O) groups is 3. The molecule has 3 heterocycles. The molecule has 3 aliphatic heterocycles. The molecule has 0 aliphatic carbocycles. The van der Waals surface area contributed by atoms with Gasteiger partial charge < -0.3 is 28.9 Å². The first-order valence-corrected chi connectivity index (χ1v) is 10.2. The molecule has 0 aromatic heterocycles. The van der Waals surface area contributed by atoms with Crippen LogP contribution in [0.4, 0.5) is 15.3 Å². The minimum absolute atomic E-state index is 0.0271. The molecule has 0 radical (unpaired) electrons. The molecule has 4 amide bonds. The Balaban J connectivity index is 1.31. The molecule has 0 N–H and O–H groups in total. The van der Waals surface area contributed by atoms with E-state index in [0.29, 0.717) is 70.6 Å². The van der Waals surface area contributed by atoms with Crippen molar-refractivity contribution in [1.82, 2.24) is 14.7 Å². The second-order valence-electron chi connectivity index (χ2n) is 7.25. The van der Waals surface area contributed by atoms with Gasteiger partial charge in [0.25, 0.3) is 0 Å². The number of amides is 4. The maximum Gasteiger partial charge on any atom is 0.409 e. The molecule has 10 nitrogen and oxygen atoms in total. The molecule has 1 aromatic carbocycles. The van der Waals surface area contributed by atoms with Crippen molar-refractivity contribution in [1.29, 1.82) is 0 Å². The van der Waals surface area contributed by atoms with Crippen LogP contribution in [0.15, 0.2) is 18.2 Å². The van der Waals surface area contributed by atoms with Gasteiger partial charge in [-0.05, 0) is 19.1 Å². The average molecular weight is 418 g/mol. The number of urea groups is 1. The molecule has 1 aromatic rings. The Morgan fingerprint density at radius 1 is 0.967 bits per heavy atom. The first-order chi connectivity index (χ1) is 14.6. The number of benzene rings is 1. The summed E-state index contributed by atoms with van der Waals surface area (Å²) < 4.78 is 16.1. The van der Waals surface area contributed by atoms with Gasteiger partial charge in [0.05, 0.1) is 6.61 Å². The van der Waals surface area contributed by atoms with E-state index in [9.17, 15) is 14.4 Å². The maximum absolute atomic E-state index is 12.8.